The summed E-state index contributed by atoms with van der Waals surface area (Å²) in [7, 11) is 1.31. The van der Waals surface area contributed by atoms with Crippen LogP contribution in [0.2, 0.25) is 0 Å². The van der Waals surface area contributed by atoms with Crippen molar-refractivity contribution in [2.45, 2.75) is 38.6 Å². The van der Waals surface area contributed by atoms with Crippen LogP contribution in [0.15, 0.2) is 48.7 Å². The Bertz CT molecular complexity index is 684. The van der Waals surface area contributed by atoms with Gasteiger partial charge in [-0.1, -0.05) is 49.7 Å². The molecule has 1 N–H and O–H groups in total. The first kappa shape index (κ1) is 18.6. The number of carbonyl (C=O) groups is 2. The van der Waals surface area contributed by atoms with Crippen LogP contribution in [0.25, 0.3) is 0 Å². The molecule has 0 aliphatic heterocycles. The second-order valence-corrected chi connectivity index (χ2v) is 5.89. The summed E-state index contributed by atoms with van der Waals surface area (Å²) in [5.41, 5.74) is 2.34. The van der Waals surface area contributed by atoms with Gasteiger partial charge in [-0.15, -0.1) is 0 Å². The van der Waals surface area contributed by atoms with Gasteiger partial charge in [0.25, 0.3) is 5.91 Å². The smallest absolute Gasteiger partial charge is 0.328 e. The molecule has 0 unspecified atom stereocenters. The maximum Gasteiger partial charge on any atom is 0.328 e. The van der Waals surface area contributed by atoms with Gasteiger partial charge in [0, 0.05) is 12.6 Å². The zero-order chi connectivity index (χ0) is 18.1. The van der Waals surface area contributed by atoms with Crippen molar-refractivity contribution in [2.24, 2.45) is 0 Å². The van der Waals surface area contributed by atoms with E-state index in [0.717, 1.165) is 30.4 Å². The van der Waals surface area contributed by atoms with Crippen LogP contribution in [0.4, 0.5) is 0 Å². The van der Waals surface area contributed by atoms with E-state index in [1.807, 2.05) is 36.4 Å². The summed E-state index contributed by atoms with van der Waals surface area (Å²) in [6.07, 6.45) is 5.24. The molecular formula is C20H24N2O3. The fraction of sp³-hybridized carbons (Fsp3) is 0.350. The van der Waals surface area contributed by atoms with Crippen LogP contribution in [0.5, 0.6) is 0 Å². The molecule has 132 valence electrons. The second kappa shape index (κ2) is 9.57. The lowest BCUT2D eigenvalue weighted by Crippen LogP contribution is -2.43. The van der Waals surface area contributed by atoms with E-state index in [1.165, 1.54) is 7.11 Å². The number of hydrogen-bond donors (Lipinski definition) is 1. The third-order valence-electron chi connectivity index (χ3n) is 3.95. The Morgan fingerprint density at radius 2 is 1.88 bits per heavy atom. The lowest BCUT2D eigenvalue weighted by molar-refractivity contribution is -0.142. The molecule has 1 amide bonds. The fourth-order valence-electron chi connectivity index (χ4n) is 2.51. The highest BCUT2D eigenvalue weighted by Crippen LogP contribution is 2.08. The van der Waals surface area contributed by atoms with Gasteiger partial charge in [-0.05, 0) is 30.0 Å². The quantitative estimate of drug-likeness (QED) is 0.750. The standard InChI is InChI=1S/C20H24N2O3/c1-3-4-8-16-11-12-17(21-14-16)19(23)22-18(20(24)25-2)13-15-9-6-5-7-10-15/h5-7,9-12,14,18H,3-4,8,13H2,1-2H3,(H,22,23)/t18-/m0/s1. The summed E-state index contributed by atoms with van der Waals surface area (Å²) < 4.78 is 4.81. The van der Waals surface area contributed by atoms with Crippen LogP contribution in [0.3, 0.4) is 0 Å². The van der Waals surface area contributed by atoms with Crippen molar-refractivity contribution in [3.05, 3.63) is 65.5 Å². The van der Waals surface area contributed by atoms with Crippen LogP contribution in [0.1, 0.15) is 41.4 Å². The van der Waals surface area contributed by atoms with Crippen molar-refractivity contribution in [1.29, 1.82) is 0 Å². The van der Waals surface area contributed by atoms with Gasteiger partial charge in [0.2, 0.25) is 0 Å². The molecule has 2 rings (SSSR count). The van der Waals surface area contributed by atoms with Gasteiger partial charge in [0.1, 0.15) is 11.7 Å². The van der Waals surface area contributed by atoms with Crippen LogP contribution in [-0.2, 0) is 22.4 Å². The van der Waals surface area contributed by atoms with E-state index >= 15 is 0 Å². The Kier molecular flexibility index (Phi) is 7.14. The van der Waals surface area contributed by atoms with Gasteiger partial charge in [-0.3, -0.25) is 9.78 Å². The van der Waals surface area contributed by atoms with Crippen LogP contribution in [-0.4, -0.2) is 30.0 Å². The molecule has 1 atom stereocenters. The number of unbranched alkanes of at least 4 members (excludes halogenated alkanes) is 1. The summed E-state index contributed by atoms with van der Waals surface area (Å²) in [5.74, 6) is -0.856. The molecule has 1 aromatic heterocycles. The van der Waals surface area contributed by atoms with E-state index in [0.29, 0.717) is 12.1 Å². The van der Waals surface area contributed by atoms with Crippen molar-refractivity contribution >= 4 is 11.9 Å². The van der Waals surface area contributed by atoms with E-state index in [9.17, 15) is 9.59 Å². The predicted octanol–water partition coefficient (Wildman–Crippen LogP) is 2.94. The maximum atomic E-state index is 12.4. The monoisotopic (exact) mass is 340 g/mol. The third kappa shape index (κ3) is 5.71. The Morgan fingerprint density at radius 3 is 2.48 bits per heavy atom. The molecule has 0 saturated carbocycles. The van der Waals surface area contributed by atoms with Crippen molar-refractivity contribution < 1.29 is 14.3 Å². The molecular weight excluding hydrogens is 316 g/mol. The predicted molar refractivity (Wildman–Crippen MR) is 96.3 cm³/mol. The number of pyridine rings is 1. The number of aryl methyl sites for hydroxylation is 1. The molecule has 2 aromatic rings. The highest BCUT2D eigenvalue weighted by Gasteiger charge is 2.23. The average Bonchev–Trinajstić information content (AvgIpc) is 2.66. The molecule has 0 spiro atoms. The topological polar surface area (TPSA) is 68.3 Å². The van der Waals surface area contributed by atoms with Gasteiger partial charge in [0.15, 0.2) is 0 Å². The Morgan fingerprint density at radius 1 is 1.12 bits per heavy atom. The van der Waals surface area contributed by atoms with E-state index < -0.39 is 12.0 Å². The number of hydrogen-bond acceptors (Lipinski definition) is 4. The Labute approximate surface area is 148 Å². The molecule has 0 bridgehead atoms. The number of benzene rings is 1. The van der Waals surface area contributed by atoms with Crippen molar-refractivity contribution in [3.63, 3.8) is 0 Å². The van der Waals surface area contributed by atoms with Crippen LogP contribution < -0.4 is 5.32 Å². The second-order valence-electron chi connectivity index (χ2n) is 5.89. The number of nitrogens with zero attached hydrogens (tertiary/aromatic N) is 1. The third-order valence-corrected chi connectivity index (χ3v) is 3.95. The maximum absolute atomic E-state index is 12.4. The van der Waals surface area contributed by atoms with E-state index in [1.54, 1.807) is 12.3 Å². The lowest BCUT2D eigenvalue weighted by atomic mass is 10.1. The minimum atomic E-state index is -0.749. The zero-order valence-electron chi connectivity index (χ0n) is 14.7. The van der Waals surface area contributed by atoms with Crippen LogP contribution in [0, 0.1) is 0 Å². The minimum absolute atomic E-state index is 0.294. The number of rotatable bonds is 8. The molecule has 0 saturated heterocycles. The number of nitrogens with one attached hydrogen (secondary N) is 1. The molecule has 0 aliphatic carbocycles. The number of esters is 1. The van der Waals surface area contributed by atoms with Gasteiger partial charge in [0.05, 0.1) is 7.11 Å². The molecule has 5 nitrogen and oxygen atoms in total. The largest absolute Gasteiger partial charge is 0.467 e. The summed E-state index contributed by atoms with van der Waals surface area (Å²) in [5, 5.41) is 2.72. The van der Waals surface area contributed by atoms with Crippen LogP contribution >= 0.6 is 0 Å². The molecule has 0 aliphatic rings. The number of aromatic nitrogens is 1. The summed E-state index contributed by atoms with van der Waals surface area (Å²) in [6, 6.07) is 12.3. The van der Waals surface area contributed by atoms with Gasteiger partial charge >= 0.3 is 5.97 Å². The number of amides is 1. The van der Waals surface area contributed by atoms with E-state index in [-0.39, 0.29) is 5.91 Å². The highest BCUT2D eigenvalue weighted by molar-refractivity contribution is 5.95. The van der Waals surface area contributed by atoms with Crippen molar-refractivity contribution in [3.8, 4) is 0 Å². The number of carbonyl (C=O) groups excluding carboxylic acids is 2. The molecule has 5 heteroatoms. The average molecular weight is 340 g/mol. The van der Waals surface area contributed by atoms with Crippen molar-refractivity contribution in [1.82, 2.24) is 10.3 Å². The number of ether oxygens (including phenoxy) is 1. The normalized spacial score (nSPS) is 11.6. The fourth-order valence-corrected chi connectivity index (χ4v) is 2.51. The van der Waals surface area contributed by atoms with Gasteiger partial charge in [-0.2, -0.15) is 0 Å². The van der Waals surface area contributed by atoms with E-state index in [2.05, 4.69) is 17.2 Å². The minimum Gasteiger partial charge on any atom is -0.467 e. The van der Waals surface area contributed by atoms with Gasteiger partial charge in [-0.25, -0.2) is 4.79 Å². The molecule has 1 aromatic carbocycles. The summed E-state index contributed by atoms with van der Waals surface area (Å²) in [4.78, 5) is 28.6. The lowest BCUT2D eigenvalue weighted by Gasteiger charge is -2.16. The summed E-state index contributed by atoms with van der Waals surface area (Å²) >= 11 is 0. The Balaban J connectivity index is 2.04. The van der Waals surface area contributed by atoms with E-state index in [4.69, 9.17) is 4.74 Å². The highest BCUT2D eigenvalue weighted by atomic mass is 16.5. The first-order valence-electron chi connectivity index (χ1n) is 8.51. The van der Waals surface area contributed by atoms with Gasteiger partial charge < -0.3 is 10.1 Å². The summed E-state index contributed by atoms with van der Waals surface area (Å²) in [6.45, 7) is 2.13. The Hall–Kier alpha value is -2.69. The molecule has 25 heavy (non-hydrogen) atoms. The zero-order valence-corrected chi connectivity index (χ0v) is 14.7. The number of methoxy groups -OCH3 is 1. The SMILES string of the molecule is CCCCc1ccc(C(=O)N[C@@H](Cc2ccccc2)C(=O)OC)nc1. The molecule has 0 radical (unpaired) electrons. The first-order chi connectivity index (χ1) is 12.1. The molecule has 1 heterocycles. The first-order valence-corrected chi connectivity index (χ1v) is 8.51. The van der Waals surface area contributed by atoms with Crippen molar-refractivity contribution in [2.75, 3.05) is 7.11 Å². The molecule has 0 fully saturated rings.